The van der Waals surface area contributed by atoms with Crippen molar-refractivity contribution in [2.45, 2.75) is 12.5 Å². The van der Waals surface area contributed by atoms with Gasteiger partial charge in [-0.05, 0) is 12.1 Å². The Bertz CT molecular complexity index is 484. The lowest BCUT2D eigenvalue weighted by Crippen LogP contribution is -2.22. The number of carbonyl (C=O) groups excluding carboxylic acids is 1. The number of methoxy groups -OCH3 is 2. The summed E-state index contributed by atoms with van der Waals surface area (Å²) >= 11 is 0. The van der Waals surface area contributed by atoms with Crippen LogP contribution in [0, 0.1) is 0 Å². The van der Waals surface area contributed by atoms with E-state index < -0.39 is 18.7 Å². The van der Waals surface area contributed by atoms with Gasteiger partial charge < -0.3 is 24.4 Å². The van der Waals surface area contributed by atoms with Crippen LogP contribution in [-0.4, -0.2) is 49.6 Å². The first kappa shape index (κ1) is 15.8. The molecule has 0 amide bonds. The number of aliphatic hydroxyl groups excluding tert-OH is 1. The van der Waals surface area contributed by atoms with Gasteiger partial charge in [0.25, 0.3) is 6.47 Å². The molecule has 0 radical (unpaired) electrons. The van der Waals surface area contributed by atoms with Gasteiger partial charge in [0.05, 0.1) is 26.4 Å². The van der Waals surface area contributed by atoms with Crippen molar-refractivity contribution < 1.29 is 34.0 Å². The van der Waals surface area contributed by atoms with Crippen LogP contribution in [0.25, 0.3) is 0 Å². The molecule has 1 atom stereocenters. The number of aliphatic hydroxyl groups is 1. The summed E-state index contributed by atoms with van der Waals surface area (Å²) in [7, 11) is 2.80. The zero-order valence-corrected chi connectivity index (χ0v) is 11.2. The average molecular weight is 284 g/mol. The minimum atomic E-state index is -1.15. The highest BCUT2D eigenvalue weighted by Gasteiger charge is 2.22. The first-order valence-corrected chi connectivity index (χ1v) is 5.76. The largest absolute Gasteiger partial charge is 0.493 e. The van der Waals surface area contributed by atoms with Gasteiger partial charge in [-0.1, -0.05) is 0 Å². The summed E-state index contributed by atoms with van der Waals surface area (Å²) in [5, 5.41) is 18.3. The molecule has 0 aliphatic rings. The van der Waals surface area contributed by atoms with E-state index in [0.717, 1.165) is 0 Å². The van der Waals surface area contributed by atoms with Crippen LogP contribution in [-0.2, 0) is 16.0 Å². The summed E-state index contributed by atoms with van der Waals surface area (Å²) in [5.74, 6) is -0.556. The van der Waals surface area contributed by atoms with Crippen molar-refractivity contribution in [1.29, 1.82) is 0 Å². The number of carboxylic acid groups (broad SMARTS) is 1. The van der Waals surface area contributed by atoms with Gasteiger partial charge in [0.1, 0.15) is 6.10 Å². The first-order valence-electron chi connectivity index (χ1n) is 5.76. The van der Waals surface area contributed by atoms with Crippen molar-refractivity contribution in [2.24, 2.45) is 0 Å². The molecule has 0 bridgehead atoms. The number of aromatic carboxylic acids is 1. The molecule has 7 nitrogen and oxygen atoms in total. The van der Waals surface area contributed by atoms with Gasteiger partial charge >= 0.3 is 5.97 Å². The van der Waals surface area contributed by atoms with Gasteiger partial charge in [-0.3, -0.25) is 4.79 Å². The topological polar surface area (TPSA) is 102 Å². The molecule has 0 aromatic heterocycles. The molecule has 1 aromatic rings. The number of rotatable bonds is 8. The second-order valence-corrected chi connectivity index (χ2v) is 3.87. The molecule has 1 aromatic carbocycles. The van der Waals surface area contributed by atoms with E-state index in [1.54, 1.807) is 0 Å². The second-order valence-electron chi connectivity index (χ2n) is 3.87. The zero-order valence-electron chi connectivity index (χ0n) is 11.2. The van der Waals surface area contributed by atoms with E-state index in [1.807, 2.05) is 0 Å². The highest BCUT2D eigenvalue weighted by Crippen LogP contribution is 2.34. The molecule has 20 heavy (non-hydrogen) atoms. The van der Waals surface area contributed by atoms with Gasteiger partial charge in [0.15, 0.2) is 11.5 Å². The third-order valence-corrected chi connectivity index (χ3v) is 2.76. The SMILES string of the molecule is COc1ccc(C(=O)O)c(C[C@@H](CO)OC=O)c1OC. The van der Waals surface area contributed by atoms with Crippen LogP contribution in [0.1, 0.15) is 15.9 Å². The lowest BCUT2D eigenvalue weighted by molar-refractivity contribution is -0.135. The van der Waals surface area contributed by atoms with E-state index in [2.05, 4.69) is 4.74 Å². The van der Waals surface area contributed by atoms with Gasteiger partial charge in [-0.25, -0.2) is 4.79 Å². The zero-order chi connectivity index (χ0) is 15.1. The van der Waals surface area contributed by atoms with Gasteiger partial charge in [0.2, 0.25) is 0 Å². The summed E-state index contributed by atoms with van der Waals surface area (Å²) in [6.45, 7) is -0.230. The third kappa shape index (κ3) is 3.39. The van der Waals surface area contributed by atoms with Crippen LogP contribution in [0.3, 0.4) is 0 Å². The number of benzene rings is 1. The monoisotopic (exact) mass is 284 g/mol. The highest BCUT2D eigenvalue weighted by atomic mass is 16.5. The van der Waals surface area contributed by atoms with Crippen LogP contribution in [0.4, 0.5) is 0 Å². The predicted molar refractivity (Wildman–Crippen MR) is 68.2 cm³/mol. The molecule has 2 N–H and O–H groups in total. The maximum Gasteiger partial charge on any atom is 0.336 e. The lowest BCUT2D eigenvalue weighted by atomic mass is 9.99. The van der Waals surface area contributed by atoms with Crippen LogP contribution in [0.5, 0.6) is 11.5 Å². The van der Waals surface area contributed by atoms with Crippen molar-refractivity contribution in [1.82, 2.24) is 0 Å². The summed E-state index contributed by atoms with van der Waals surface area (Å²) in [6, 6.07) is 2.84. The first-order chi connectivity index (χ1) is 9.58. The van der Waals surface area contributed by atoms with Crippen LogP contribution in [0.2, 0.25) is 0 Å². The van der Waals surface area contributed by atoms with Crippen LogP contribution < -0.4 is 9.47 Å². The van der Waals surface area contributed by atoms with E-state index in [1.165, 1.54) is 26.4 Å². The predicted octanol–water partition coefficient (Wildman–Crippen LogP) is 0.478. The Morgan fingerprint density at radius 2 is 2.05 bits per heavy atom. The molecule has 0 unspecified atom stereocenters. The Morgan fingerprint density at radius 1 is 1.35 bits per heavy atom. The molecule has 0 saturated heterocycles. The standard InChI is InChI=1S/C13H16O7/c1-18-11-4-3-9(13(16)17)10(12(11)19-2)5-8(6-14)20-7-15/h3-4,7-8,14H,5-6H2,1-2H3,(H,16,17)/t8-/m0/s1. The molecule has 0 saturated carbocycles. The summed E-state index contributed by atoms with van der Waals surface area (Å²) in [5.41, 5.74) is 0.288. The Kier molecular flexibility index (Phi) is 5.79. The second kappa shape index (κ2) is 7.34. The summed E-state index contributed by atoms with van der Waals surface area (Å²) in [6.07, 6.45) is -0.858. The maximum atomic E-state index is 11.2. The Morgan fingerprint density at radius 3 is 2.50 bits per heavy atom. The fourth-order valence-corrected chi connectivity index (χ4v) is 1.86. The molecule has 0 aliphatic heterocycles. The van der Waals surface area contributed by atoms with Crippen molar-refractivity contribution in [3.05, 3.63) is 23.3 Å². The van der Waals surface area contributed by atoms with Gasteiger partial charge in [-0.2, -0.15) is 0 Å². The Balaban J connectivity index is 3.30. The van der Waals surface area contributed by atoms with Crippen LogP contribution >= 0.6 is 0 Å². The van der Waals surface area contributed by atoms with Crippen LogP contribution in [0.15, 0.2) is 12.1 Å². The molecule has 0 spiro atoms. The summed E-state index contributed by atoms with van der Waals surface area (Å²) in [4.78, 5) is 21.6. The average Bonchev–Trinajstić information content (AvgIpc) is 2.45. The third-order valence-electron chi connectivity index (χ3n) is 2.76. The number of hydrogen-bond donors (Lipinski definition) is 2. The van der Waals surface area contributed by atoms with E-state index in [9.17, 15) is 14.7 Å². The minimum absolute atomic E-state index is 0.00273. The number of ether oxygens (including phenoxy) is 3. The van der Waals surface area contributed by atoms with E-state index >= 15 is 0 Å². The smallest absolute Gasteiger partial charge is 0.336 e. The molecular weight excluding hydrogens is 268 g/mol. The van der Waals surface area contributed by atoms with Crippen molar-refractivity contribution >= 4 is 12.4 Å². The summed E-state index contributed by atoms with van der Waals surface area (Å²) < 4.78 is 14.9. The van der Waals surface area contributed by atoms with E-state index in [-0.39, 0.29) is 24.2 Å². The minimum Gasteiger partial charge on any atom is -0.493 e. The van der Waals surface area contributed by atoms with E-state index in [0.29, 0.717) is 11.3 Å². The fraction of sp³-hybridized carbons (Fsp3) is 0.385. The van der Waals surface area contributed by atoms with E-state index in [4.69, 9.17) is 14.6 Å². The lowest BCUT2D eigenvalue weighted by Gasteiger charge is -2.18. The van der Waals surface area contributed by atoms with Crippen molar-refractivity contribution in [2.75, 3.05) is 20.8 Å². The molecule has 0 aliphatic carbocycles. The molecule has 1 rings (SSSR count). The highest BCUT2D eigenvalue weighted by molar-refractivity contribution is 5.91. The van der Waals surface area contributed by atoms with Gasteiger partial charge in [0, 0.05) is 12.0 Å². The normalized spacial score (nSPS) is 11.6. The molecular formula is C13H16O7. The quantitative estimate of drug-likeness (QED) is 0.669. The number of carbonyl (C=O) groups is 2. The maximum absolute atomic E-state index is 11.2. The van der Waals surface area contributed by atoms with Gasteiger partial charge in [-0.15, -0.1) is 0 Å². The number of carboxylic acids is 1. The van der Waals surface area contributed by atoms with Crippen molar-refractivity contribution in [3.63, 3.8) is 0 Å². The molecule has 0 fully saturated rings. The van der Waals surface area contributed by atoms with Crippen molar-refractivity contribution in [3.8, 4) is 11.5 Å². The molecule has 7 heteroatoms. The molecule has 0 heterocycles. The Hall–Kier alpha value is -2.28. The fourth-order valence-electron chi connectivity index (χ4n) is 1.86. The number of hydrogen-bond acceptors (Lipinski definition) is 6. The Labute approximate surface area is 115 Å². The molecule has 110 valence electrons.